The molecule has 0 radical (unpaired) electrons. The highest BCUT2D eigenvalue weighted by Crippen LogP contribution is 2.25. The van der Waals surface area contributed by atoms with Gasteiger partial charge in [-0.05, 0) is 34.5 Å². The van der Waals surface area contributed by atoms with Crippen LogP contribution in [0.4, 0.5) is 0 Å². The van der Waals surface area contributed by atoms with Crippen LogP contribution in [-0.4, -0.2) is 29.3 Å². The normalized spacial score (nSPS) is 14.1. The number of fused-ring (bicyclic) bond motifs is 1. The number of methoxy groups -OCH3 is 1. The van der Waals surface area contributed by atoms with Gasteiger partial charge in [-0.3, -0.25) is 4.79 Å². The minimum atomic E-state index is -1.62. The van der Waals surface area contributed by atoms with Gasteiger partial charge in [0.2, 0.25) is 5.91 Å². The Bertz CT molecular complexity index is 611. The lowest BCUT2D eigenvalue weighted by atomic mass is 10.00. The van der Waals surface area contributed by atoms with Crippen LogP contribution in [0.25, 0.3) is 10.8 Å². The van der Waals surface area contributed by atoms with Crippen molar-refractivity contribution in [3.05, 3.63) is 42.0 Å². The lowest BCUT2D eigenvalue weighted by molar-refractivity contribution is -0.131. The Kier molecular flexibility index (Phi) is 3.69. The molecule has 0 fully saturated rings. The lowest BCUT2D eigenvalue weighted by Gasteiger charge is -2.15. The lowest BCUT2D eigenvalue weighted by Crippen LogP contribution is -2.33. The monoisotopic (exact) mass is 261 g/mol. The van der Waals surface area contributed by atoms with Crippen LogP contribution in [0, 0.1) is 0 Å². The van der Waals surface area contributed by atoms with E-state index in [1.165, 1.54) is 0 Å². The van der Waals surface area contributed by atoms with E-state index in [1.807, 2.05) is 12.1 Å². The van der Waals surface area contributed by atoms with E-state index in [-0.39, 0.29) is 0 Å². The number of hydrogen-bond donors (Lipinski definition) is 3. The van der Waals surface area contributed by atoms with E-state index in [9.17, 15) is 15.0 Å². The topological polar surface area (TPSA) is 92.8 Å². The van der Waals surface area contributed by atoms with E-state index >= 15 is 0 Å². The third kappa shape index (κ3) is 2.67. The van der Waals surface area contributed by atoms with Gasteiger partial charge in [0.05, 0.1) is 7.11 Å². The number of aliphatic hydroxyl groups is 2. The zero-order valence-electron chi connectivity index (χ0n) is 10.4. The average molecular weight is 261 g/mol. The fraction of sp³-hybridized carbons (Fsp3) is 0.214. The quantitative estimate of drug-likeness (QED) is 0.756. The summed E-state index contributed by atoms with van der Waals surface area (Å²) < 4.78 is 5.12. The number of carbonyl (C=O) groups excluding carboxylic acids is 1. The van der Waals surface area contributed by atoms with Gasteiger partial charge in [-0.2, -0.15) is 0 Å². The molecule has 2 aromatic carbocycles. The van der Waals surface area contributed by atoms with Gasteiger partial charge in [0.25, 0.3) is 0 Å². The average Bonchev–Trinajstić information content (AvgIpc) is 2.44. The number of benzene rings is 2. The molecule has 0 aliphatic heterocycles. The minimum Gasteiger partial charge on any atom is -0.497 e. The molecule has 1 amide bonds. The maximum Gasteiger partial charge on any atom is 0.249 e. The van der Waals surface area contributed by atoms with Gasteiger partial charge in [0.1, 0.15) is 11.9 Å². The molecule has 0 aliphatic rings. The summed E-state index contributed by atoms with van der Waals surface area (Å²) in [5, 5.41) is 21.1. The number of nitrogens with two attached hydrogens (primary N) is 1. The summed E-state index contributed by atoms with van der Waals surface area (Å²) in [7, 11) is 1.59. The molecule has 100 valence electrons. The zero-order valence-corrected chi connectivity index (χ0v) is 10.4. The van der Waals surface area contributed by atoms with E-state index in [4.69, 9.17) is 10.5 Å². The molecule has 19 heavy (non-hydrogen) atoms. The van der Waals surface area contributed by atoms with Crippen LogP contribution in [0.2, 0.25) is 0 Å². The van der Waals surface area contributed by atoms with E-state index in [0.29, 0.717) is 5.56 Å². The molecule has 2 aromatic rings. The van der Waals surface area contributed by atoms with Crippen molar-refractivity contribution in [1.29, 1.82) is 0 Å². The predicted molar refractivity (Wildman–Crippen MR) is 70.7 cm³/mol. The number of hydrogen-bond acceptors (Lipinski definition) is 4. The molecule has 0 aromatic heterocycles. The summed E-state index contributed by atoms with van der Waals surface area (Å²) in [5.74, 6) is -0.222. The van der Waals surface area contributed by atoms with Crippen LogP contribution in [-0.2, 0) is 4.79 Å². The summed E-state index contributed by atoms with van der Waals surface area (Å²) in [6, 6.07) is 10.6. The fourth-order valence-electron chi connectivity index (χ4n) is 1.89. The molecule has 5 heteroatoms. The van der Waals surface area contributed by atoms with Crippen LogP contribution in [0.3, 0.4) is 0 Å². The summed E-state index contributed by atoms with van der Waals surface area (Å²) >= 11 is 0. The fourth-order valence-corrected chi connectivity index (χ4v) is 1.89. The first kappa shape index (κ1) is 13.3. The molecule has 5 nitrogen and oxygen atoms in total. The van der Waals surface area contributed by atoms with E-state index in [0.717, 1.165) is 16.5 Å². The second kappa shape index (κ2) is 5.26. The number of ether oxygens (including phenoxy) is 1. The molecule has 0 aliphatic carbocycles. The number of carbonyl (C=O) groups is 1. The van der Waals surface area contributed by atoms with Gasteiger partial charge in [-0.25, -0.2) is 0 Å². The van der Waals surface area contributed by atoms with Crippen molar-refractivity contribution in [1.82, 2.24) is 0 Å². The Morgan fingerprint density at radius 1 is 1.16 bits per heavy atom. The molecule has 4 N–H and O–H groups in total. The third-order valence-electron chi connectivity index (χ3n) is 3.00. The van der Waals surface area contributed by atoms with E-state index in [1.54, 1.807) is 31.4 Å². The maximum atomic E-state index is 10.9. The second-order valence-electron chi connectivity index (χ2n) is 4.26. The summed E-state index contributed by atoms with van der Waals surface area (Å²) in [4.78, 5) is 10.9. The minimum absolute atomic E-state index is 0.434. The summed E-state index contributed by atoms with van der Waals surface area (Å²) in [6.45, 7) is 0. The Morgan fingerprint density at radius 2 is 1.79 bits per heavy atom. The summed E-state index contributed by atoms with van der Waals surface area (Å²) in [5.41, 5.74) is 5.39. The Labute approximate surface area is 110 Å². The van der Waals surface area contributed by atoms with Crippen LogP contribution in [0.5, 0.6) is 5.75 Å². The number of amides is 1. The number of aliphatic hydroxyl groups excluding tert-OH is 2. The van der Waals surface area contributed by atoms with Crippen molar-refractivity contribution in [2.24, 2.45) is 5.73 Å². The van der Waals surface area contributed by atoms with Crippen molar-refractivity contribution in [2.45, 2.75) is 12.2 Å². The molecule has 0 saturated carbocycles. The van der Waals surface area contributed by atoms with Crippen molar-refractivity contribution in [3.8, 4) is 5.75 Å². The predicted octanol–water partition coefficient (Wildman–Crippen LogP) is 0.728. The molecule has 0 saturated heterocycles. The van der Waals surface area contributed by atoms with Gasteiger partial charge >= 0.3 is 0 Å². The molecule has 2 rings (SSSR count). The molecule has 0 bridgehead atoms. The highest BCUT2D eigenvalue weighted by Gasteiger charge is 2.23. The van der Waals surface area contributed by atoms with Gasteiger partial charge in [-0.15, -0.1) is 0 Å². The van der Waals surface area contributed by atoms with Crippen molar-refractivity contribution < 1.29 is 19.7 Å². The second-order valence-corrected chi connectivity index (χ2v) is 4.26. The standard InChI is InChI=1S/C14H15NO4/c1-19-11-5-4-8-6-10(3-2-9(8)7-11)12(16)13(17)14(15)18/h2-7,12-13,16-17H,1H3,(H2,15,18). The van der Waals surface area contributed by atoms with Crippen molar-refractivity contribution in [2.75, 3.05) is 7.11 Å². The zero-order chi connectivity index (χ0) is 14.0. The van der Waals surface area contributed by atoms with Gasteiger partial charge in [0.15, 0.2) is 6.10 Å². The van der Waals surface area contributed by atoms with Crippen LogP contribution in [0.1, 0.15) is 11.7 Å². The van der Waals surface area contributed by atoms with Crippen LogP contribution in [0.15, 0.2) is 36.4 Å². The molecular weight excluding hydrogens is 246 g/mol. The van der Waals surface area contributed by atoms with Crippen LogP contribution >= 0.6 is 0 Å². The van der Waals surface area contributed by atoms with E-state index < -0.39 is 18.1 Å². The largest absolute Gasteiger partial charge is 0.497 e. The smallest absolute Gasteiger partial charge is 0.249 e. The van der Waals surface area contributed by atoms with E-state index in [2.05, 4.69) is 0 Å². The first-order chi connectivity index (χ1) is 9.02. The maximum absolute atomic E-state index is 10.9. The highest BCUT2D eigenvalue weighted by molar-refractivity contribution is 5.85. The van der Waals surface area contributed by atoms with Gasteiger partial charge in [-0.1, -0.05) is 18.2 Å². The Hall–Kier alpha value is -2.11. The molecule has 2 atom stereocenters. The third-order valence-corrected chi connectivity index (χ3v) is 3.00. The highest BCUT2D eigenvalue weighted by atomic mass is 16.5. The molecule has 0 heterocycles. The first-order valence-corrected chi connectivity index (χ1v) is 5.76. The molecule has 0 spiro atoms. The number of primary amides is 1. The van der Waals surface area contributed by atoms with Crippen molar-refractivity contribution in [3.63, 3.8) is 0 Å². The molecular formula is C14H15NO4. The summed E-state index contributed by atoms with van der Waals surface area (Å²) in [6.07, 6.45) is -2.94. The van der Waals surface area contributed by atoms with Gasteiger partial charge in [0, 0.05) is 0 Å². The SMILES string of the molecule is COc1ccc2cc(C(O)C(O)C(N)=O)ccc2c1. The number of rotatable bonds is 4. The first-order valence-electron chi connectivity index (χ1n) is 5.76. The van der Waals surface area contributed by atoms with Gasteiger partial charge < -0.3 is 20.7 Å². The Morgan fingerprint density at radius 3 is 2.42 bits per heavy atom. The van der Waals surface area contributed by atoms with Crippen molar-refractivity contribution >= 4 is 16.7 Å². The van der Waals surface area contributed by atoms with Crippen LogP contribution < -0.4 is 10.5 Å². The molecule has 2 unspecified atom stereocenters. The Balaban J connectivity index is 2.39.